The number of nitro groups is 1. The molecule has 0 saturated heterocycles. The SMILES string of the molecule is C[Si](C)(C)C#CC(O)c1ccccc1C#Cc1ccc([N+](=O)[O-])cc1. The van der Waals surface area contributed by atoms with Crippen molar-refractivity contribution in [3.05, 3.63) is 75.3 Å². The van der Waals surface area contributed by atoms with E-state index in [1.54, 1.807) is 12.1 Å². The van der Waals surface area contributed by atoms with Gasteiger partial charge >= 0.3 is 0 Å². The first kappa shape index (κ1) is 18.5. The van der Waals surface area contributed by atoms with Gasteiger partial charge in [0.05, 0.1) is 4.92 Å². The summed E-state index contributed by atoms with van der Waals surface area (Å²) < 4.78 is 0. The van der Waals surface area contributed by atoms with Crippen LogP contribution in [0.25, 0.3) is 0 Å². The Morgan fingerprint density at radius 1 is 1.04 bits per heavy atom. The van der Waals surface area contributed by atoms with Gasteiger partial charge in [0, 0.05) is 28.8 Å². The first-order valence-electron chi connectivity index (χ1n) is 7.82. The van der Waals surface area contributed by atoms with Crippen LogP contribution in [0.3, 0.4) is 0 Å². The molecular weight excluding hydrogens is 330 g/mol. The Morgan fingerprint density at radius 3 is 2.28 bits per heavy atom. The monoisotopic (exact) mass is 349 g/mol. The van der Waals surface area contributed by atoms with Gasteiger partial charge < -0.3 is 5.11 Å². The average Bonchev–Trinajstić information content (AvgIpc) is 2.58. The van der Waals surface area contributed by atoms with Crippen LogP contribution < -0.4 is 0 Å². The molecule has 0 fully saturated rings. The summed E-state index contributed by atoms with van der Waals surface area (Å²) in [6.45, 7) is 6.35. The van der Waals surface area contributed by atoms with E-state index in [1.165, 1.54) is 12.1 Å². The topological polar surface area (TPSA) is 63.4 Å². The summed E-state index contributed by atoms with van der Waals surface area (Å²) in [6, 6.07) is 13.4. The molecule has 0 radical (unpaired) electrons. The van der Waals surface area contributed by atoms with E-state index in [1.807, 2.05) is 24.3 Å². The van der Waals surface area contributed by atoms with E-state index in [-0.39, 0.29) is 5.69 Å². The van der Waals surface area contributed by atoms with Gasteiger partial charge in [0.25, 0.3) is 5.69 Å². The summed E-state index contributed by atoms with van der Waals surface area (Å²) in [4.78, 5) is 10.2. The van der Waals surface area contributed by atoms with Crippen LogP contribution in [-0.2, 0) is 0 Å². The maximum absolute atomic E-state index is 10.7. The van der Waals surface area contributed by atoms with Gasteiger partial charge in [0.1, 0.15) is 14.2 Å². The van der Waals surface area contributed by atoms with Crippen LogP contribution in [0.4, 0.5) is 5.69 Å². The van der Waals surface area contributed by atoms with Crippen molar-refractivity contribution in [3.8, 4) is 23.3 Å². The zero-order valence-electron chi connectivity index (χ0n) is 14.4. The molecule has 126 valence electrons. The lowest BCUT2D eigenvalue weighted by Gasteiger charge is -2.09. The molecule has 0 aromatic heterocycles. The lowest BCUT2D eigenvalue weighted by Crippen LogP contribution is -2.17. The van der Waals surface area contributed by atoms with Gasteiger partial charge in [-0.15, -0.1) is 5.54 Å². The maximum atomic E-state index is 10.7. The summed E-state index contributed by atoms with van der Waals surface area (Å²) in [5.41, 5.74) is 5.23. The number of nitro benzene ring substituents is 1. The Labute approximate surface area is 148 Å². The molecule has 2 rings (SSSR count). The largest absolute Gasteiger partial charge is 0.376 e. The molecule has 4 nitrogen and oxygen atoms in total. The Balaban J connectivity index is 2.29. The zero-order chi connectivity index (χ0) is 18.4. The third-order valence-corrected chi connectivity index (χ3v) is 4.15. The minimum Gasteiger partial charge on any atom is -0.376 e. The molecule has 0 spiro atoms. The van der Waals surface area contributed by atoms with Crippen molar-refractivity contribution < 1.29 is 10.0 Å². The van der Waals surface area contributed by atoms with Crippen LogP contribution in [-0.4, -0.2) is 18.1 Å². The molecule has 0 aliphatic carbocycles. The Kier molecular flexibility index (Phi) is 5.77. The van der Waals surface area contributed by atoms with Crippen molar-refractivity contribution in [1.29, 1.82) is 0 Å². The molecular formula is C20H19NO3Si. The van der Waals surface area contributed by atoms with E-state index in [2.05, 4.69) is 42.9 Å². The van der Waals surface area contributed by atoms with E-state index in [9.17, 15) is 15.2 Å². The number of aliphatic hydroxyl groups is 1. The summed E-state index contributed by atoms with van der Waals surface area (Å²) in [7, 11) is -1.57. The summed E-state index contributed by atoms with van der Waals surface area (Å²) in [5.74, 6) is 8.91. The van der Waals surface area contributed by atoms with E-state index < -0.39 is 19.1 Å². The molecule has 0 saturated carbocycles. The molecule has 25 heavy (non-hydrogen) atoms. The fourth-order valence-corrected chi connectivity index (χ4v) is 2.59. The molecule has 0 aliphatic rings. The predicted molar refractivity (Wildman–Crippen MR) is 102 cm³/mol. The lowest BCUT2D eigenvalue weighted by molar-refractivity contribution is -0.384. The molecule has 0 aliphatic heterocycles. The number of non-ortho nitro benzene ring substituents is 1. The number of benzene rings is 2. The smallest absolute Gasteiger partial charge is 0.269 e. The van der Waals surface area contributed by atoms with Gasteiger partial charge in [-0.1, -0.05) is 55.6 Å². The third kappa shape index (κ3) is 5.61. The first-order chi connectivity index (χ1) is 11.8. The minimum atomic E-state index is -1.57. The lowest BCUT2D eigenvalue weighted by atomic mass is 10.0. The van der Waals surface area contributed by atoms with Crippen molar-refractivity contribution >= 4 is 13.8 Å². The second kappa shape index (κ2) is 7.81. The second-order valence-corrected chi connectivity index (χ2v) is 11.3. The highest BCUT2D eigenvalue weighted by Crippen LogP contribution is 2.17. The quantitative estimate of drug-likeness (QED) is 0.387. The highest BCUT2D eigenvalue weighted by atomic mass is 28.3. The Hall–Kier alpha value is -2.86. The van der Waals surface area contributed by atoms with Crippen molar-refractivity contribution in [1.82, 2.24) is 0 Å². The van der Waals surface area contributed by atoms with Gasteiger partial charge in [-0.05, 0) is 18.2 Å². The standard InChI is InChI=1S/C20H19NO3Si/c1-25(2,3)15-14-20(22)19-7-5-4-6-17(19)11-8-16-9-12-18(13-10-16)21(23)24/h4-7,9-10,12-13,20,22H,1-3H3. The predicted octanol–water partition coefficient (Wildman–Crippen LogP) is 3.91. The average molecular weight is 349 g/mol. The Morgan fingerprint density at radius 2 is 1.68 bits per heavy atom. The van der Waals surface area contributed by atoms with Crippen molar-refractivity contribution in [2.24, 2.45) is 0 Å². The summed E-state index contributed by atoms with van der Waals surface area (Å²) in [5, 5.41) is 21.0. The Bertz CT molecular complexity index is 891. The number of aliphatic hydroxyl groups excluding tert-OH is 1. The number of hydrogen-bond acceptors (Lipinski definition) is 3. The van der Waals surface area contributed by atoms with Crippen molar-refractivity contribution in [2.75, 3.05) is 0 Å². The van der Waals surface area contributed by atoms with Crippen LogP contribution in [0.5, 0.6) is 0 Å². The molecule has 1 N–H and O–H groups in total. The van der Waals surface area contributed by atoms with Gasteiger partial charge in [0.15, 0.2) is 0 Å². The molecule has 5 heteroatoms. The van der Waals surface area contributed by atoms with Crippen LogP contribution >= 0.6 is 0 Å². The number of rotatable bonds is 2. The van der Waals surface area contributed by atoms with E-state index >= 15 is 0 Å². The summed E-state index contributed by atoms with van der Waals surface area (Å²) >= 11 is 0. The zero-order valence-corrected chi connectivity index (χ0v) is 15.4. The number of nitrogens with zero attached hydrogens (tertiary/aromatic N) is 1. The van der Waals surface area contributed by atoms with Crippen LogP contribution in [0, 0.1) is 33.4 Å². The van der Waals surface area contributed by atoms with Crippen LogP contribution in [0.1, 0.15) is 22.8 Å². The maximum Gasteiger partial charge on any atom is 0.269 e. The van der Waals surface area contributed by atoms with Crippen LogP contribution in [0.2, 0.25) is 19.6 Å². The van der Waals surface area contributed by atoms with Crippen LogP contribution in [0.15, 0.2) is 48.5 Å². The van der Waals surface area contributed by atoms with Crippen molar-refractivity contribution in [3.63, 3.8) is 0 Å². The summed E-state index contributed by atoms with van der Waals surface area (Å²) in [6.07, 6.45) is -0.880. The first-order valence-corrected chi connectivity index (χ1v) is 11.3. The second-order valence-electron chi connectivity index (χ2n) is 6.56. The van der Waals surface area contributed by atoms with Gasteiger partial charge in [-0.2, -0.15) is 0 Å². The van der Waals surface area contributed by atoms with Crippen molar-refractivity contribution in [2.45, 2.75) is 25.7 Å². The minimum absolute atomic E-state index is 0.0305. The van der Waals surface area contributed by atoms with Gasteiger partial charge in [-0.25, -0.2) is 0 Å². The fraction of sp³-hybridized carbons (Fsp3) is 0.200. The molecule has 0 bridgehead atoms. The number of hydrogen-bond donors (Lipinski definition) is 1. The fourth-order valence-electron chi connectivity index (χ4n) is 2.02. The molecule has 0 heterocycles. The normalized spacial score (nSPS) is 11.5. The molecule has 1 atom stereocenters. The van der Waals surface area contributed by atoms with E-state index in [0.717, 1.165) is 0 Å². The molecule has 0 amide bonds. The highest BCUT2D eigenvalue weighted by molar-refractivity contribution is 6.83. The van der Waals surface area contributed by atoms with Gasteiger partial charge in [0.2, 0.25) is 0 Å². The molecule has 2 aromatic carbocycles. The van der Waals surface area contributed by atoms with E-state index in [0.29, 0.717) is 16.7 Å². The third-order valence-electron chi connectivity index (χ3n) is 3.26. The molecule has 1 unspecified atom stereocenters. The highest BCUT2D eigenvalue weighted by Gasteiger charge is 2.11. The van der Waals surface area contributed by atoms with Gasteiger partial charge in [-0.3, -0.25) is 10.1 Å². The molecule has 2 aromatic rings. The van der Waals surface area contributed by atoms with E-state index in [4.69, 9.17) is 0 Å².